The molecule has 0 saturated carbocycles. The zero-order valence-corrected chi connectivity index (χ0v) is 19.2. The topological polar surface area (TPSA) is 75.5 Å². The minimum absolute atomic E-state index is 0.00688. The third-order valence-electron chi connectivity index (χ3n) is 5.78. The second kappa shape index (κ2) is 10.1. The molecule has 8 heteroatoms. The van der Waals surface area contributed by atoms with E-state index in [-0.39, 0.29) is 6.03 Å². The number of hydrogen-bond acceptors (Lipinski definition) is 5. The molecule has 2 amide bonds. The molecule has 1 aliphatic rings. The number of aromatic nitrogens is 3. The highest BCUT2D eigenvalue weighted by molar-refractivity contribution is 5.74. The van der Waals surface area contributed by atoms with Gasteiger partial charge in [0, 0.05) is 58.3 Å². The van der Waals surface area contributed by atoms with E-state index in [0.717, 1.165) is 42.2 Å². The summed E-state index contributed by atoms with van der Waals surface area (Å²) in [5.41, 5.74) is 5.30. The third-order valence-corrected chi connectivity index (χ3v) is 5.78. The van der Waals surface area contributed by atoms with Gasteiger partial charge in [0.1, 0.15) is 11.3 Å². The van der Waals surface area contributed by atoms with E-state index in [2.05, 4.69) is 51.8 Å². The van der Waals surface area contributed by atoms with Crippen LogP contribution < -0.4 is 5.32 Å². The van der Waals surface area contributed by atoms with Gasteiger partial charge in [-0.3, -0.25) is 9.47 Å². The Kier molecular flexibility index (Phi) is 7.02. The number of carbonyl (C=O) groups is 1. The lowest BCUT2D eigenvalue weighted by Gasteiger charge is -2.34. The fourth-order valence-electron chi connectivity index (χ4n) is 4.25. The van der Waals surface area contributed by atoms with E-state index in [0.29, 0.717) is 32.8 Å². The number of imidazole rings is 1. The summed E-state index contributed by atoms with van der Waals surface area (Å²) in [6.07, 6.45) is 2.64. The quantitative estimate of drug-likeness (QED) is 0.577. The molecule has 2 aromatic heterocycles. The number of amides is 2. The highest BCUT2D eigenvalue weighted by atomic mass is 16.5. The molecule has 0 spiro atoms. The Labute approximate surface area is 189 Å². The van der Waals surface area contributed by atoms with Crippen molar-refractivity contribution in [3.8, 4) is 5.69 Å². The molecule has 0 radical (unpaired) electrons. The van der Waals surface area contributed by atoms with E-state index in [4.69, 9.17) is 9.72 Å². The van der Waals surface area contributed by atoms with E-state index in [1.54, 1.807) is 7.11 Å². The van der Waals surface area contributed by atoms with Crippen LogP contribution in [0.1, 0.15) is 23.4 Å². The summed E-state index contributed by atoms with van der Waals surface area (Å²) in [4.78, 5) is 26.1. The Morgan fingerprint density at radius 2 is 1.88 bits per heavy atom. The predicted molar refractivity (Wildman–Crippen MR) is 125 cm³/mol. The van der Waals surface area contributed by atoms with Crippen molar-refractivity contribution in [3.63, 3.8) is 0 Å². The summed E-state index contributed by atoms with van der Waals surface area (Å²) < 4.78 is 7.20. The number of rotatable bonds is 7. The SMILES string of the molecule is COCCCNC(=O)N1CCN(Cc2nc3cccnc3n2-c2cc(C)cc(C)c2)CC1. The lowest BCUT2D eigenvalue weighted by atomic mass is 10.1. The fraction of sp³-hybridized carbons (Fsp3) is 0.458. The number of hydrogen-bond donors (Lipinski definition) is 1. The Morgan fingerprint density at radius 3 is 2.59 bits per heavy atom. The normalized spacial score (nSPS) is 14.8. The van der Waals surface area contributed by atoms with Gasteiger partial charge >= 0.3 is 6.03 Å². The molecule has 0 unspecified atom stereocenters. The molecule has 4 rings (SSSR count). The number of fused-ring (bicyclic) bond motifs is 1. The summed E-state index contributed by atoms with van der Waals surface area (Å²) in [5.74, 6) is 0.973. The Balaban J connectivity index is 1.47. The van der Waals surface area contributed by atoms with E-state index >= 15 is 0 Å². The summed E-state index contributed by atoms with van der Waals surface area (Å²) in [6, 6.07) is 10.5. The summed E-state index contributed by atoms with van der Waals surface area (Å²) in [6.45, 7) is 9.28. The number of urea groups is 1. The van der Waals surface area contributed by atoms with Gasteiger partial charge in [0.05, 0.1) is 6.54 Å². The average Bonchev–Trinajstić information content (AvgIpc) is 3.14. The van der Waals surface area contributed by atoms with Gasteiger partial charge in [-0.2, -0.15) is 0 Å². The minimum atomic E-state index is 0.00688. The third kappa shape index (κ3) is 5.08. The van der Waals surface area contributed by atoms with Crippen LogP contribution in [0.3, 0.4) is 0 Å². The highest BCUT2D eigenvalue weighted by Crippen LogP contribution is 2.23. The zero-order valence-electron chi connectivity index (χ0n) is 19.2. The molecule has 0 aliphatic carbocycles. The van der Waals surface area contributed by atoms with Gasteiger partial charge in [-0.25, -0.2) is 14.8 Å². The largest absolute Gasteiger partial charge is 0.385 e. The average molecular weight is 437 g/mol. The van der Waals surface area contributed by atoms with Gasteiger partial charge in [-0.1, -0.05) is 6.07 Å². The fourth-order valence-corrected chi connectivity index (χ4v) is 4.25. The number of nitrogens with one attached hydrogen (secondary N) is 1. The summed E-state index contributed by atoms with van der Waals surface area (Å²) in [7, 11) is 1.67. The van der Waals surface area contributed by atoms with Gasteiger partial charge in [0.25, 0.3) is 0 Å². The number of piperazine rings is 1. The Hall–Kier alpha value is -2.97. The van der Waals surface area contributed by atoms with Crippen LogP contribution in [-0.4, -0.2) is 76.8 Å². The number of methoxy groups -OCH3 is 1. The molecular weight excluding hydrogens is 404 g/mol. The minimum Gasteiger partial charge on any atom is -0.385 e. The van der Waals surface area contributed by atoms with Crippen molar-refractivity contribution in [2.24, 2.45) is 0 Å². The maximum absolute atomic E-state index is 12.4. The highest BCUT2D eigenvalue weighted by Gasteiger charge is 2.23. The van der Waals surface area contributed by atoms with Crippen LogP contribution >= 0.6 is 0 Å². The van der Waals surface area contributed by atoms with Crippen molar-refractivity contribution < 1.29 is 9.53 Å². The molecule has 3 aromatic rings. The summed E-state index contributed by atoms with van der Waals surface area (Å²) >= 11 is 0. The van der Waals surface area contributed by atoms with Crippen molar-refractivity contribution >= 4 is 17.2 Å². The zero-order chi connectivity index (χ0) is 22.5. The molecule has 1 N–H and O–H groups in total. The van der Waals surface area contributed by atoms with Crippen molar-refractivity contribution in [3.05, 3.63) is 53.5 Å². The van der Waals surface area contributed by atoms with Crippen molar-refractivity contribution in [1.29, 1.82) is 0 Å². The van der Waals surface area contributed by atoms with Crippen molar-refractivity contribution in [2.45, 2.75) is 26.8 Å². The van der Waals surface area contributed by atoms with Crippen molar-refractivity contribution in [1.82, 2.24) is 29.7 Å². The Morgan fingerprint density at radius 1 is 1.12 bits per heavy atom. The number of aryl methyl sites for hydroxylation is 2. The van der Waals surface area contributed by atoms with E-state index < -0.39 is 0 Å². The Bertz CT molecular complexity index is 1050. The molecule has 170 valence electrons. The molecule has 1 saturated heterocycles. The first-order valence-electron chi connectivity index (χ1n) is 11.2. The van der Waals surface area contributed by atoms with Gasteiger partial charge in [0.15, 0.2) is 5.65 Å². The summed E-state index contributed by atoms with van der Waals surface area (Å²) in [5, 5.41) is 2.97. The molecular formula is C24H32N6O2. The van der Waals surface area contributed by atoms with E-state index in [1.165, 1.54) is 11.1 Å². The first-order chi connectivity index (χ1) is 15.5. The van der Waals surface area contributed by atoms with Crippen LogP contribution in [0, 0.1) is 13.8 Å². The van der Waals surface area contributed by atoms with Crippen LogP contribution in [0.2, 0.25) is 0 Å². The first kappa shape index (κ1) is 22.2. The number of ether oxygens (including phenoxy) is 1. The van der Waals surface area contributed by atoms with Crippen LogP contribution in [0.25, 0.3) is 16.9 Å². The molecule has 1 aliphatic heterocycles. The smallest absolute Gasteiger partial charge is 0.317 e. The lowest BCUT2D eigenvalue weighted by molar-refractivity contribution is 0.132. The molecule has 8 nitrogen and oxygen atoms in total. The van der Waals surface area contributed by atoms with E-state index in [1.807, 2.05) is 23.2 Å². The maximum Gasteiger partial charge on any atom is 0.317 e. The second-order valence-corrected chi connectivity index (χ2v) is 8.40. The molecule has 1 aromatic carbocycles. The molecule has 1 fully saturated rings. The van der Waals surface area contributed by atoms with Gasteiger partial charge < -0.3 is 15.0 Å². The molecule has 3 heterocycles. The predicted octanol–water partition coefficient (Wildman–Crippen LogP) is 2.90. The monoisotopic (exact) mass is 436 g/mol. The van der Waals surface area contributed by atoms with Crippen LogP contribution in [-0.2, 0) is 11.3 Å². The lowest BCUT2D eigenvalue weighted by Crippen LogP contribution is -2.51. The van der Waals surface area contributed by atoms with Gasteiger partial charge in [0.2, 0.25) is 0 Å². The molecule has 32 heavy (non-hydrogen) atoms. The van der Waals surface area contributed by atoms with Crippen LogP contribution in [0.15, 0.2) is 36.5 Å². The first-order valence-corrected chi connectivity index (χ1v) is 11.2. The number of carbonyl (C=O) groups excluding carboxylic acids is 1. The molecule has 0 atom stereocenters. The van der Waals surface area contributed by atoms with Crippen LogP contribution in [0.5, 0.6) is 0 Å². The second-order valence-electron chi connectivity index (χ2n) is 8.40. The van der Waals surface area contributed by atoms with Crippen molar-refractivity contribution in [2.75, 3.05) is 46.4 Å². The number of nitrogens with zero attached hydrogens (tertiary/aromatic N) is 5. The standard InChI is InChI=1S/C24H32N6O2/c1-18-14-19(2)16-20(15-18)30-22(27-21-6-4-7-25-23(21)30)17-28-9-11-29(12-10-28)24(31)26-8-5-13-32-3/h4,6-7,14-16H,5,8-13,17H2,1-3H3,(H,26,31). The van der Waals surface area contributed by atoms with Crippen LogP contribution in [0.4, 0.5) is 4.79 Å². The van der Waals surface area contributed by atoms with Gasteiger partial charge in [-0.05, 0) is 55.7 Å². The number of benzene rings is 1. The molecule has 0 bridgehead atoms. The maximum atomic E-state index is 12.4. The van der Waals surface area contributed by atoms with Gasteiger partial charge in [-0.15, -0.1) is 0 Å². The van der Waals surface area contributed by atoms with E-state index in [9.17, 15) is 4.79 Å². The number of pyridine rings is 1.